The summed E-state index contributed by atoms with van der Waals surface area (Å²) in [6.07, 6.45) is 0. The number of benzene rings is 3. The molecule has 1 aromatic heterocycles. The van der Waals surface area contributed by atoms with Gasteiger partial charge in [0.2, 0.25) is 5.16 Å². The van der Waals surface area contributed by atoms with Crippen LogP contribution in [0.2, 0.25) is 10.0 Å². The Hall–Kier alpha value is -3.33. The zero-order chi connectivity index (χ0) is 24.1. The summed E-state index contributed by atoms with van der Waals surface area (Å²) in [6.45, 7) is 1.45. The number of halogens is 2. The summed E-state index contributed by atoms with van der Waals surface area (Å²) >= 11 is 13.6. The Morgan fingerprint density at radius 2 is 1.76 bits per heavy atom. The van der Waals surface area contributed by atoms with E-state index in [0.717, 1.165) is 23.2 Å². The maximum Gasteiger partial charge on any atom is 0.202 e. The number of nitrogens with one attached hydrogen (secondary N) is 1. The van der Waals surface area contributed by atoms with Gasteiger partial charge in [-0.1, -0.05) is 41.4 Å². The number of methoxy groups -OCH3 is 1. The molecule has 34 heavy (non-hydrogen) atoms. The summed E-state index contributed by atoms with van der Waals surface area (Å²) in [5.41, 5.74) is 5.08. The summed E-state index contributed by atoms with van der Waals surface area (Å²) in [5.74, 6) is 1.01. The summed E-state index contributed by atoms with van der Waals surface area (Å²) in [5, 5.41) is 14.6. The van der Waals surface area contributed by atoms with Gasteiger partial charge in [0.15, 0.2) is 16.7 Å². The molecule has 0 radical (unpaired) electrons. The average Bonchev–Trinajstić information content (AvgIpc) is 3.25. The highest BCUT2D eigenvalue weighted by Gasteiger charge is 2.21. The molecular weight excluding hydrogens is 493 g/mol. The molecule has 0 spiro atoms. The molecule has 0 aliphatic heterocycles. The van der Waals surface area contributed by atoms with Gasteiger partial charge < -0.3 is 4.74 Å². The highest BCUT2D eigenvalue weighted by atomic mass is 35.5. The second-order valence-electron chi connectivity index (χ2n) is 7.02. The number of carbonyl (C=O) groups excluding carboxylic acids is 1. The van der Waals surface area contributed by atoms with Crippen LogP contribution in [-0.2, 0) is 4.79 Å². The zero-order valence-electron chi connectivity index (χ0n) is 18.2. The highest BCUT2D eigenvalue weighted by molar-refractivity contribution is 8.15. The van der Waals surface area contributed by atoms with Crippen molar-refractivity contribution in [2.45, 2.75) is 12.1 Å². The predicted octanol–water partition coefficient (Wildman–Crippen LogP) is 6.36. The lowest BCUT2D eigenvalue weighted by atomic mass is 10.2. The van der Waals surface area contributed by atoms with Crippen molar-refractivity contribution in [2.75, 3.05) is 12.5 Å². The predicted molar refractivity (Wildman–Crippen MR) is 137 cm³/mol. The van der Waals surface area contributed by atoms with Gasteiger partial charge in [-0.2, -0.15) is 5.10 Å². The molecular formula is C24H19Cl2N5O2S. The number of rotatable bonds is 7. The first-order valence-electron chi connectivity index (χ1n) is 10.1. The number of aromatic nitrogens is 3. The molecule has 0 bridgehead atoms. The fourth-order valence-electron chi connectivity index (χ4n) is 3.03. The minimum atomic E-state index is -0.223. The number of nitrogens with zero attached hydrogens (tertiary/aromatic N) is 4. The van der Waals surface area contributed by atoms with Crippen LogP contribution in [0.5, 0.6) is 5.75 Å². The number of hydrogen-bond donors (Lipinski definition) is 1. The van der Waals surface area contributed by atoms with E-state index in [0.29, 0.717) is 32.3 Å². The van der Waals surface area contributed by atoms with Crippen molar-refractivity contribution < 1.29 is 9.53 Å². The quantitative estimate of drug-likeness (QED) is 0.134. The fraction of sp³-hybridized carbons (Fsp3) is 0.0833. The molecule has 0 aliphatic carbocycles. The molecule has 1 heterocycles. The third-order valence-corrected chi connectivity index (χ3v) is 6.25. The van der Waals surface area contributed by atoms with E-state index in [-0.39, 0.29) is 10.8 Å². The first-order chi connectivity index (χ1) is 16.5. The Bertz CT molecular complexity index is 1340. The van der Waals surface area contributed by atoms with Gasteiger partial charge in [-0.3, -0.25) is 14.8 Å². The molecule has 0 saturated carbocycles. The van der Waals surface area contributed by atoms with Gasteiger partial charge in [0, 0.05) is 23.2 Å². The van der Waals surface area contributed by atoms with Crippen LogP contribution in [0.1, 0.15) is 6.92 Å². The van der Waals surface area contributed by atoms with Crippen LogP contribution < -0.4 is 10.2 Å². The van der Waals surface area contributed by atoms with Crippen LogP contribution in [0.25, 0.3) is 17.1 Å². The number of Topliss-reactive ketones (excluding diaryl/α,β-unsaturated/α-hetero) is 1. The molecule has 0 amide bonds. The summed E-state index contributed by atoms with van der Waals surface area (Å²) in [7, 11) is 1.60. The number of ketones is 1. The SMILES string of the molecule is COc1ccc(N/N=C(\Sc2nnc(-c3ccc(Cl)cc3Cl)n2-c2ccccc2)C(C)=O)cc1. The summed E-state index contributed by atoms with van der Waals surface area (Å²) in [6, 6.07) is 21.9. The van der Waals surface area contributed by atoms with Gasteiger partial charge in [-0.25, -0.2) is 0 Å². The third-order valence-electron chi connectivity index (χ3n) is 4.69. The van der Waals surface area contributed by atoms with Crippen LogP contribution in [-0.4, -0.2) is 32.7 Å². The maximum absolute atomic E-state index is 12.4. The van der Waals surface area contributed by atoms with E-state index >= 15 is 0 Å². The van der Waals surface area contributed by atoms with Crippen molar-refractivity contribution in [1.82, 2.24) is 14.8 Å². The molecule has 3 aromatic carbocycles. The Balaban J connectivity index is 1.72. The second kappa shape index (κ2) is 10.7. The molecule has 0 aliphatic rings. The molecule has 0 saturated heterocycles. The van der Waals surface area contributed by atoms with E-state index < -0.39 is 0 Å². The van der Waals surface area contributed by atoms with Gasteiger partial charge in [0.1, 0.15) is 5.75 Å². The smallest absolute Gasteiger partial charge is 0.202 e. The van der Waals surface area contributed by atoms with Gasteiger partial charge >= 0.3 is 0 Å². The monoisotopic (exact) mass is 511 g/mol. The van der Waals surface area contributed by atoms with Crippen LogP contribution in [0, 0.1) is 0 Å². The van der Waals surface area contributed by atoms with Crippen LogP contribution in [0.3, 0.4) is 0 Å². The molecule has 172 valence electrons. The number of hydrazone groups is 1. The molecule has 1 N–H and O–H groups in total. The van der Waals surface area contributed by atoms with E-state index in [4.69, 9.17) is 27.9 Å². The lowest BCUT2D eigenvalue weighted by Crippen LogP contribution is -2.10. The van der Waals surface area contributed by atoms with Crippen molar-refractivity contribution in [1.29, 1.82) is 0 Å². The lowest BCUT2D eigenvalue weighted by molar-refractivity contribution is -0.110. The van der Waals surface area contributed by atoms with E-state index in [2.05, 4.69) is 20.7 Å². The van der Waals surface area contributed by atoms with Crippen LogP contribution >= 0.6 is 35.0 Å². The number of anilines is 1. The highest BCUT2D eigenvalue weighted by Crippen LogP contribution is 2.34. The minimum Gasteiger partial charge on any atom is -0.497 e. The third kappa shape index (κ3) is 5.41. The van der Waals surface area contributed by atoms with Crippen LogP contribution in [0.4, 0.5) is 5.69 Å². The number of ether oxygens (including phenoxy) is 1. The van der Waals surface area contributed by atoms with Gasteiger partial charge in [-0.05, 0) is 66.4 Å². The number of thioether (sulfide) groups is 1. The standard InChI is InChI=1S/C24H19Cl2N5O2S/c1-15(32)23(29-27-17-9-11-19(33-2)12-10-17)34-24-30-28-22(20-13-8-16(25)14-21(20)26)31(24)18-6-4-3-5-7-18/h3-14,27H,1-2H3/b29-23-. The number of carbonyl (C=O) groups is 1. The van der Waals surface area contributed by atoms with Crippen molar-refractivity contribution in [3.8, 4) is 22.8 Å². The second-order valence-corrected chi connectivity index (χ2v) is 8.82. The van der Waals surface area contributed by atoms with Crippen molar-refractivity contribution >= 4 is 51.5 Å². The summed E-state index contributed by atoms with van der Waals surface area (Å²) < 4.78 is 6.99. The maximum atomic E-state index is 12.4. The van der Waals surface area contributed by atoms with E-state index in [1.807, 2.05) is 34.9 Å². The fourth-order valence-corrected chi connectivity index (χ4v) is 4.30. The number of hydrogen-bond acceptors (Lipinski definition) is 7. The molecule has 4 aromatic rings. The Morgan fingerprint density at radius 3 is 2.41 bits per heavy atom. The van der Waals surface area contributed by atoms with Crippen LogP contribution in [0.15, 0.2) is 83.1 Å². The molecule has 4 rings (SSSR count). The molecule has 0 fully saturated rings. The van der Waals surface area contributed by atoms with E-state index in [9.17, 15) is 4.79 Å². The molecule has 0 unspecified atom stereocenters. The lowest BCUT2D eigenvalue weighted by Gasteiger charge is -2.11. The Labute approximate surface area is 210 Å². The van der Waals surface area contributed by atoms with E-state index in [1.54, 1.807) is 49.6 Å². The van der Waals surface area contributed by atoms with Gasteiger partial charge in [0.05, 0.1) is 17.8 Å². The summed E-state index contributed by atoms with van der Waals surface area (Å²) in [4.78, 5) is 12.4. The topological polar surface area (TPSA) is 81.4 Å². The molecule has 10 heteroatoms. The molecule has 0 atom stereocenters. The first kappa shape index (κ1) is 23.8. The van der Waals surface area contributed by atoms with Gasteiger partial charge in [-0.15, -0.1) is 10.2 Å². The minimum absolute atomic E-state index is 0.217. The zero-order valence-corrected chi connectivity index (χ0v) is 20.5. The van der Waals surface area contributed by atoms with Gasteiger partial charge in [0.25, 0.3) is 0 Å². The Morgan fingerprint density at radius 1 is 1.03 bits per heavy atom. The number of para-hydroxylation sites is 1. The Kier molecular flexibility index (Phi) is 7.52. The average molecular weight is 512 g/mol. The largest absolute Gasteiger partial charge is 0.497 e. The normalized spacial score (nSPS) is 11.4. The van der Waals surface area contributed by atoms with Crippen molar-refractivity contribution in [3.63, 3.8) is 0 Å². The first-order valence-corrected chi connectivity index (χ1v) is 11.7. The van der Waals surface area contributed by atoms with E-state index in [1.165, 1.54) is 6.92 Å². The van der Waals surface area contributed by atoms with Crippen molar-refractivity contribution in [3.05, 3.63) is 82.8 Å². The van der Waals surface area contributed by atoms with Crippen molar-refractivity contribution in [2.24, 2.45) is 5.10 Å². The molecule has 7 nitrogen and oxygen atoms in total.